The monoisotopic (exact) mass is 310 g/mol. The van der Waals surface area contributed by atoms with E-state index in [0.717, 1.165) is 12.2 Å². The molecule has 0 saturated carbocycles. The predicted octanol–water partition coefficient (Wildman–Crippen LogP) is 3.49. The molecule has 0 atom stereocenters. The van der Waals surface area contributed by atoms with Crippen LogP contribution in [0, 0.1) is 4.77 Å². The molecule has 0 fully saturated rings. The maximum absolute atomic E-state index is 5.53. The number of aromatic nitrogens is 3. The van der Waals surface area contributed by atoms with Gasteiger partial charge >= 0.3 is 0 Å². The highest BCUT2D eigenvalue weighted by atomic mass is 32.1. The van der Waals surface area contributed by atoms with Crippen LogP contribution >= 0.6 is 12.2 Å². The van der Waals surface area contributed by atoms with Crippen molar-refractivity contribution in [2.45, 2.75) is 13.2 Å². The van der Waals surface area contributed by atoms with Crippen LogP contribution in [0.2, 0.25) is 0 Å². The summed E-state index contributed by atoms with van der Waals surface area (Å²) in [6.07, 6.45) is 1.77. The van der Waals surface area contributed by atoms with Gasteiger partial charge in [0.05, 0.1) is 6.67 Å². The van der Waals surface area contributed by atoms with Crippen molar-refractivity contribution in [3.05, 3.63) is 77.3 Å². The molecule has 4 nitrogen and oxygen atoms in total. The van der Waals surface area contributed by atoms with Crippen molar-refractivity contribution in [3.63, 3.8) is 0 Å². The number of nitrogens with zero attached hydrogens (tertiary/aromatic N) is 4. The van der Waals surface area contributed by atoms with Crippen molar-refractivity contribution < 1.29 is 0 Å². The molecule has 0 N–H and O–H groups in total. The van der Waals surface area contributed by atoms with Crippen LogP contribution in [0.4, 0.5) is 0 Å². The molecule has 1 aromatic heterocycles. The summed E-state index contributed by atoms with van der Waals surface area (Å²) >= 11 is 5.53. The molecular weight excluding hydrogens is 292 g/mol. The van der Waals surface area contributed by atoms with Gasteiger partial charge in [-0.3, -0.25) is 9.47 Å². The van der Waals surface area contributed by atoms with E-state index in [1.807, 2.05) is 45.6 Å². The highest BCUT2D eigenvalue weighted by Gasteiger charge is 2.06. The third-order valence-electron chi connectivity index (χ3n) is 3.44. The normalized spacial score (nSPS) is 11.0. The van der Waals surface area contributed by atoms with Gasteiger partial charge in [0.2, 0.25) is 4.77 Å². The molecule has 0 aliphatic rings. The predicted molar refractivity (Wildman–Crippen MR) is 90.3 cm³/mol. The third kappa shape index (κ3) is 3.32. The molecule has 3 aromatic rings. The van der Waals surface area contributed by atoms with Gasteiger partial charge in [0.1, 0.15) is 6.33 Å². The van der Waals surface area contributed by atoms with Crippen LogP contribution in [0.1, 0.15) is 5.56 Å². The Balaban J connectivity index is 1.74. The maximum Gasteiger partial charge on any atom is 0.203 e. The number of para-hydroxylation sites is 1. The fourth-order valence-electron chi connectivity index (χ4n) is 2.37. The molecule has 1 heterocycles. The lowest BCUT2D eigenvalue weighted by Gasteiger charge is -2.16. The van der Waals surface area contributed by atoms with E-state index in [1.165, 1.54) is 5.56 Å². The quantitative estimate of drug-likeness (QED) is 0.675. The lowest BCUT2D eigenvalue weighted by Crippen LogP contribution is -2.22. The van der Waals surface area contributed by atoms with Gasteiger partial charge in [-0.25, -0.2) is 4.68 Å². The minimum Gasteiger partial charge on any atom is -0.283 e. The van der Waals surface area contributed by atoms with E-state index in [2.05, 4.69) is 41.3 Å². The van der Waals surface area contributed by atoms with Crippen LogP contribution in [-0.2, 0) is 13.2 Å². The molecule has 112 valence electrons. The number of hydrogen-bond donors (Lipinski definition) is 0. The molecule has 0 bridgehead atoms. The van der Waals surface area contributed by atoms with E-state index in [4.69, 9.17) is 12.2 Å². The summed E-state index contributed by atoms with van der Waals surface area (Å²) in [7, 11) is 2.07. The van der Waals surface area contributed by atoms with Crippen molar-refractivity contribution in [1.29, 1.82) is 0 Å². The molecule has 0 amide bonds. The van der Waals surface area contributed by atoms with Crippen molar-refractivity contribution in [2.24, 2.45) is 0 Å². The SMILES string of the molecule is CN(Cc1ccccc1)Cn1ncn(-c2ccccc2)c1=S. The Bertz CT molecular complexity index is 777. The lowest BCUT2D eigenvalue weighted by atomic mass is 10.2. The van der Waals surface area contributed by atoms with Gasteiger partial charge in [0.15, 0.2) is 0 Å². The minimum atomic E-state index is 0.660. The van der Waals surface area contributed by atoms with Crippen LogP contribution in [0.15, 0.2) is 67.0 Å². The first kappa shape index (κ1) is 14.7. The molecular formula is C17H18N4S. The summed E-state index contributed by atoms with van der Waals surface area (Å²) in [5, 5.41) is 4.41. The highest BCUT2D eigenvalue weighted by molar-refractivity contribution is 7.71. The van der Waals surface area contributed by atoms with Crippen LogP contribution in [0.3, 0.4) is 0 Å². The second-order valence-electron chi connectivity index (χ2n) is 5.26. The van der Waals surface area contributed by atoms with Crippen LogP contribution in [0.25, 0.3) is 5.69 Å². The van der Waals surface area contributed by atoms with Gasteiger partial charge in [0.25, 0.3) is 0 Å². The third-order valence-corrected chi connectivity index (χ3v) is 3.85. The first-order valence-corrected chi connectivity index (χ1v) is 7.57. The molecule has 0 saturated heterocycles. The highest BCUT2D eigenvalue weighted by Crippen LogP contribution is 2.09. The minimum absolute atomic E-state index is 0.660. The number of hydrogen-bond acceptors (Lipinski definition) is 3. The van der Waals surface area contributed by atoms with Gasteiger partial charge in [0, 0.05) is 12.2 Å². The van der Waals surface area contributed by atoms with Gasteiger partial charge in [-0.1, -0.05) is 48.5 Å². The van der Waals surface area contributed by atoms with Crippen molar-refractivity contribution in [1.82, 2.24) is 19.2 Å². The lowest BCUT2D eigenvalue weighted by molar-refractivity contribution is 0.244. The molecule has 0 aliphatic carbocycles. The first-order chi connectivity index (χ1) is 10.7. The van der Waals surface area contributed by atoms with E-state index in [1.54, 1.807) is 6.33 Å². The van der Waals surface area contributed by atoms with E-state index in [-0.39, 0.29) is 0 Å². The molecule has 0 radical (unpaired) electrons. The second-order valence-corrected chi connectivity index (χ2v) is 5.62. The summed E-state index contributed by atoms with van der Waals surface area (Å²) < 4.78 is 4.46. The Morgan fingerprint density at radius 2 is 1.64 bits per heavy atom. The zero-order chi connectivity index (χ0) is 15.4. The van der Waals surface area contributed by atoms with E-state index in [9.17, 15) is 0 Å². The average Bonchev–Trinajstić information content (AvgIpc) is 2.90. The second kappa shape index (κ2) is 6.68. The van der Waals surface area contributed by atoms with Crippen LogP contribution in [0.5, 0.6) is 0 Å². The maximum atomic E-state index is 5.53. The number of rotatable bonds is 5. The van der Waals surface area contributed by atoms with E-state index in [0.29, 0.717) is 11.4 Å². The fraction of sp³-hybridized carbons (Fsp3) is 0.176. The molecule has 5 heteroatoms. The van der Waals surface area contributed by atoms with Crippen molar-refractivity contribution in [2.75, 3.05) is 7.05 Å². The smallest absolute Gasteiger partial charge is 0.203 e. The Morgan fingerprint density at radius 1 is 1.00 bits per heavy atom. The topological polar surface area (TPSA) is 26.0 Å². The van der Waals surface area contributed by atoms with E-state index >= 15 is 0 Å². The molecule has 22 heavy (non-hydrogen) atoms. The number of benzene rings is 2. The van der Waals surface area contributed by atoms with Crippen LogP contribution < -0.4 is 0 Å². The Morgan fingerprint density at radius 3 is 2.32 bits per heavy atom. The largest absolute Gasteiger partial charge is 0.283 e. The molecule has 0 unspecified atom stereocenters. The molecule has 0 aliphatic heterocycles. The molecule has 3 rings (SSSR count). The summed E-state index contributed by atoms with van der Waals surface area (Å²) in [6.45, 7) is 1.52. The van der Waals surface area contributed by atoms with Crippen molar-refractivity contribution in [3.8, 4) is 5.69 Å². The zero-order valence-electron chi connectivity index (χ0n) is 12.5. The summed E-state index contributed by atoms with van der Waals surface area (Å²) in [5.41, 5.74) is 2.31. The fourth-order valence-corrected chi connectivity index (χ4v) is 2.63. The molecule has 0 spiro atoms. The average molecular weight is 310 g/mol. The van der Waals surface area contributed by atoms with Crippen LogP contribution in [-0.4, -0.2) is 26.3 Å². The summed E-state index contributed by atoms with van der Waals surface area (Å²) in [4.78, 5) is 2.19. The van der Waals surface area contributed by atoms with Crippen molar-refractivity contribution >= 4 is 12.2 Å². The van der Waals surface area contributed by atoms with Gasteiger partial charge in [-0.2, -0.15) is 5.10 Å². The Kier molecular flexibility index (Phi) is 4.46. The first-order valence-electron chi connectivity index (χ1n) is 7.16. The summed E-state index contributed by atoms with van der Waals surface area (Å²) in [6, 6.07) is 20.4. The summed E-state index contributed by atoms with van der Waals surface area (Å²) in [5.74, 6) is 0. The van der Waals surface area contributed by atoms with Gasteiger partial charge in [-0.15, -0.1) is 0 Å². The standard InChI is InChI=1S/C17H18N4S/c1-19(12-15-8-4-2-5-9-15)14-21-17(22)20(13-18-21)16-10-6-3-7-11-16/h2-11,13H,12,14H2,1H3. The zero-order valence-corrected chi connectivity index (χ0v) is 13.3. The van der Waals surface area contributed by atoms with Gasteiger partial charge in [-0.05, 0) is 37.0 Å². The molecule has 2 aromatic carbocycles. The Labute approximate surface area is 135 Å². The van der Waals surface area contributed by atoms with Gasteiger partial charge < -0.3 is 0 Å². The van der Waals surface area contributed by atoms with E-state index < -0.39 is 0 Å². The Hall–Kier alpha value is -2.24.